The molecule has 4 nitrogen and oxygen atoms in total. The molecule has 0 N–H and O–H groups in total. The van der Waals surface area contributed by atoms with Crippen molar-refractivity contribution in [3.05, 3.63) is 46.0 Å². The van der Waals surface area contributed by atoms with E-state index in [9.17, 15) is 4.79 Å². The summed E-state index contributed by atoms with van der Waals surface area (Å²) in [6.45, 7) is 7.95. The van der Waals surface area contributed by atoms with Gasteiger partial charge in [-0.05, 0) is 45.0 Å². The summed E-state index contributed by atoms with van der Waals surface area (Å²) in [7, 11) is 1.85. The fourth-order valence-electron chi connectivity index (χ4n) is 2.17. The summed E-state index contributed by atoms with van der Waals surface area (Å²) in [5.41, 5.74) is 0. The molecule has 2 aromatic heterocycles. The van der Waals surface area contributed by atoms with Gasteiger partial charge in [0.2, 0.25) is 5.91 Å². The highest BCUT2D eigenvalue weighted by Crippen LogP contribution is 2.18. The molecule has 0 spiro atoms. The second-order valence-electron chi connectivity index (χ2n) is 5.84. The molecule has 22 heavy (non-hydrogen) atoms. The van der Waals surface area contributed by atoms with Crippen molar-refractivity contribution < 1.29 is 9.21 Å². The molecule has 2 aromatic rings. The third-order valence-electron chi connectivity index (χ3n) is 3.66. The predicted molar refractivity (Wildman–Crippen MR) is 89.8 cm³/mol. The normalized spacial score (nSPS) is 11.4. The van der Waals surface area contributed by atoms with Crippen molar-refractivity contribution in [1.82, 2.24) is 9.80 Å². The van der Waals surface area contributed by atoms with Crippen LogP contribution in [0.25, 0.3) is 0 Å². The van der Waals surface area contributed by atoms with Gasteiger partial charge in [0.25, 0.3) is 0 Å². The van der Waals surface area contributed by atoms with Gasteiger partial charge in [0.05, 0.1) is 19.4 Å². The minimum atomic E-state index is 0.134. The number of hydrogen-bond donors (Lipinski definition) is 0. The Balaban J connectivity index is 2.05. The summed E-state index contributed by atoms with van der Waals surface area (Å²) in [6.07, 6.45) is 1.67. The number of aryl methyl sites for hydroxylation is 1. The first-order valence-electron chi connectivity index (χ1n) is 7.51. The van der Waals surface area contributed by atoms with E-state index in [1.165, 1.54) is 9.75 Å². The molecule has 0 saturated carbocycles. The van der Waals surface area contributed by atoms with Crippen LogP contribution in [0, 0.1) is 6.92 Å². The fourth-order valence-corrected chi connectivity index (χ4v) is 3.10. The lowest BCUT2D eigenvalue weighted by molar-refractivity contribution is -0.132. The summed E-state index contributed by atoms with van der Waals surface area (Å²) >= 11 is 1.77. The van der Waals surface area contributed by atoms with Crippen LogP contribution >= 0.6 is 11.3 Å². The zero-order chi connectivity index (χ0) is 16.1. The van der Waals surface area contributed by atoms with Gasteiger partial charge < -0.3 is 9.32 Å². The SMILES string of the molecule is Cc1ccc(CN(CC(=O)N(C)C(C)C)Cc2ccco2)s1. The van der Waals surface area contributed by atoms with Crippen molar-refractivity contribution >= 4 is 17.2 Å². The summed E-state index contributed by atoms with van der Waals surface area (Å²) in [6, 6.07) is 8.29. The van der Waals surface area contributed by atoms with Crippen LogP contribution in [0.15, 0.2) is 34.9 Å². The molecule has 0 saturated heterocycles. The molecule has 0 unspecified atom stereocenters. The molecule has 120 valence electrons. The molecule has 0 aliphatic heterocycles. The summed E-state index contributed by atoms with van der Waals surface area (Å²) < 4.78 is 5.43. The van der Waals surface area contributed by atoms with Crippen LogP contribution in [0.4, 0.5) is 0 Å². The molecule has 0 atom stereocenters. The highest BCUT2D eigenvalue weighted by atomic mass is 32.1. The van der Waals surface area contributed by atoms with Crippen molar-refractivity contribution in [2.24, 2.45) is 0 Å². The number of rotatable bonds is 7. The lowest BCUT2D eigenvalue weighted by atomic mass is 10.3. The predicted octanol–water partition coefficient (Wildman–Crippen LogP) is 3.52. The van der Waals surface area contributed by atoms with Gasteiger partial charge in [0.1, 0.15) is 5.76 Å². The number of likely N-dealkylation sites (N-methyl/N-ethyl adjacent to an activating group) is 1. The van der Waals surface area contributed by atoms with Crippen LogP contribution < -0.4 is 0 Å². The monoisotopic (exact) mass is 320 g/mol. The van der Waals surface area contributed by atoms with Crippen LogP contribution in [-0.4, -0.2) is 35.3 Å². The standard InChI is InChI=1S/C17H24N2O2S/c1-13(2)18(4)17(20)12-19(10-15-6-5-9-21-15)11-16-8-7-14(3)22-16/h5-9,13H,10-12H2,1-4H3. The Kier molecular flexibility index (Phi) is 5.80. The largest absolute Gasteiger partial charge is 0.468 e. The fraction of sp³-hybridized carbons (Fsp3) is 0.471. The molecule has 1 amide bonds. The van der Waals surface area contributed by atoms with E-state index >= 15 is 0 Å². The van der Waals surface area contributed by atoms with Gasteiger partial charge in [0, 0.05) is 29.4 Å². The van der Waals surface area contributed by atoms with E-state index in [1.807, 2.05) is 33.0 Å². The van der Waals surface area contributed by atoms with Gasteiger partial charge in [-0.1, -0.05) is 0 Å². The van der Waals surface area contributed by atoms with Crippen molar-refractivity contribution in [2.45, 2.75) is 39.9 Å². The minimum Gasteiger partial charge on any atom is -0.468 e. The Hall–Kier alpha value is -1.59. The van der Waals surface area contributed by atoms with Crippen molar-refractivity contribution in [1.29, 1.82) is 0 Å². The third-order valence-corrected chi connectivity index (χ3v) is 4.65. The number of amides is 1. The smallest absolute Gasteiger partial charge is 0.236 e. The van der Waals surface area contributed by atoms with Crippen LogP contribution in [0.1, 0.15) is 29.4 Å². The Morgan fingerprint density at radius 2 is 2.05 bits per heavy atom. The van der Waals surface area contributed by atoms with Crippen LogP contribution in [-0.2, 0) is 17.9 Å². The van der Waals surface area contributed by atoms with Gasteiger partial charge in [-0.2, -0.15) is 0 Å². The highest BCUT2D eigenvalue weighted by molar-refractivity contribution is 7.11. The maximum absolute atomic E-state index is 12.4. The van der Waals surface area contributed by atoms with E-state index in [0.717, 1.165) is 12.3 Å². The van der Waals surface area contributed by atoms with Gasteiger partial charge >= 0.3 is 0 Å². The maximum atomic E-state index is 12.4. The first-order valence-corrected chi connectivity index (χ1v) is 8.33. The molecule has 0 fully saturated rings. The van der Waals surface area contributed by atoms with E-state index in [-0.39, 0.29) is 11.9 Å². The van der Waals surface area contributed by atoms with Crippen LogP contribution in [0.2, 0.25) is 0 Å². The minimum absolute atomic E-state index is 0.134. The average molecular weight is 320 g/mol. The molecule has 5 heteroatoms. The molecule has 0 aliphatic carbocycles. The second kappa shape index (κ2) is 7.61. The summed E-state index contributed by atoms with van der Waals surface area (Å²) in [5.74, 6) is 1.02. The quantitative estimate of drug-likeness (QED) is 0.783. The third kappa shape index (κ3) is 4.71. The summed E-state index contributed by atoms with van der Waals surface area (Å²) in [5, 5.41) is 0. The first kappa shape index (κ1) is 16.8. The number of nitrogens with zero attached hydrogens (tertiary/aromatic N) is 2. The maximum Gasteiger partial charge on any atom is 0.236 e. The van der Waals surface area contributed by atoms with E-state index in [1.54, 1.807) is 22.5 Å². The number of carbonyl (C=O) groups is 1. The lowest BCUT2D eigenvalue weighted by Crippen LogP contribution is -2.40. The van der Waals surface area contributed by atoms with Crippen LogP contribution in [0.3, 0.4) is 0 Å². The van der Waals surface area contributed by atoms with Gasteiger partial charge in [0.15, 0.2) is 0 Å². The van der Waals surface area contributed by atoms with Gasteiger partial charge in [-0.15, -0.1) is 11.3 Å². The number of furan rings is 1. The lowest BCUT2D eigenvalue weighted by Gasteiger charge is -2.26. The molecule has 0 bridgehead atoms. The van der Waals surface area contributed by atoms with E-state index in [4.69, 9.17) is 4.42 Å². The number of carbonyl (C=O) groups excluding carboxylic acids is 1. The summed E-state index contributed by atoms with van der Waals surface area (Å²) in [4.78, 5) is 18.9. The molecular formula is C17H24N2O2S. The van der Waals surface area contributed by atoms with Gasteiger partial charge in [-0.3, -0.25) is 9.69 Å². The van der Waals surface area contributed by atoms with E-state index < -0.39 is 0 Å². The second-order valence-corrected chi connectivity index (χ2v) is 7.21. The molecule has 0 aromatic carbocycles. The Morgan fingerprint density at radius 3 is 2.59 bits per heavy atom. The van der Waals surface area contributed by atoms with Crippen molar-refractivity contribution in [3.8, 4) is 0 Å². The Morgan fingerprint density at radius 1 is 1.27 bits per heavy atom. The molecule has 0 aliphatic rings. The Labute approximate surface area is 136 Å². The molecule has 0 radical (unpaired) electrons. The number of hydrogen-bond acceptors (Lipinski definition) is 4. The first-order chi connectivity index (χ1) is 10.5. The molecule has 2 rings (SSSR count). The zero-order valence-corrected chi connectivity index (χ0v) is 14.5. The topological polar surface area (TPSA) is 36.7 Å². The van der Waals surface area contributed by atoms with E-state index in [2.05, 4.69) is 24.0 Å². The molecule has 2 heterocycles. The van der Waals surface area contributed by atoms with E-state index in [0.29, 0.717) is 13.1 Å². The zero-order valence-electron chi connectivity index (χ0n) is 13.7. The average Bonchev–Trinajstić information content (AvgIpc) is 3.09. The van der Waals surface area contributed by atoms with Crippen molar-refractivity contribution in [2.75, 3.05) is 13.6 Å². The van der Waals surface area contributed by atoms with Crippen molar-refractivity contribution in [3.63, 3.8) is 0 Å². The number of thiophene rings is 1. The highest BCUT2D eigenvalue weighted by Gasteiger charge is 2.18. The molecular weight excluding hydrogens is 296 g/mol. The van der Waals surface area contributed by atoms with Gasteiger partial charge in [-0.25, -0.2) is 0 Å². The Bertz CT molecular complexity index is 590. The van der Waals surface area contributed by atoms with Crippen LogP contribution in [0.5, 0.6) is 0 Å².